The number of hydrogen-bond donors (Lipinski definition) is 2. The first-order valence-corrected chi connectivity index (χ1v) is 10.5. The summed E-state index contributed by atoms with van der Waals surface area (Å²) in [5.41, 5.74) is 1.97. The maximum Gasteiger partial charge on any atom is 0.319 e. The predicted molar refractivity (Wildman–Crippen MR) is 115 cm³/mol. The van der Waals surface area contributed by atoms with Gasteiger partial charge in [0.1, 0.15) is 11.1 Å². The molecule has 0 bridgehead atoms. The number of aryl methyl sites for hydroxylation is 1. The molecule has 6 nitrogen and oxygen atoms in total. The standard InChI is InChI=1S/C20H20BrFN2O4S/c1-12-9-14(21)3-8-17(12)24-18(25)10-28-20(27)13(2)29-11-19(26)23-16-6-4-15(22)5-7-16/h3-9,13H,10-11H2,1-2H3,(H,23,26)(H,24,25). The Bertz CT molecular complexity index is 893. The van der Waals surface area contributed by atoms with Gasteiger partial charge in [-0.3, -0.25) is 14.4 Å². The number of nitrogens with one attached hydrogen (secondary N) is 2. The molecule has 2 amide bonds. The number of carbonyl (C=O) groups excluding carboxylic acids is 3. The highest BCUT2D eigenvalue weighted by atomic mass is 79.9. The third-order valence-corrected chi connectivity index (χ3v) is 5.35. The zero-order valence-corrected chi connectivity index (χ0v) is 18.2. The van der Waals surface area contributed by atoms with E-state index in [1.165, 1.54) is 24.3 Å². The predicted octanol–water partition coefficient (Wildman–Crippen LogP) is 4.14. The van der Waals surface area contributed by atoms with Gasteiger partial charge in [0, 0.05) is 15.8 Å². The number of halogens is 2. The molecule has 154 valence electrons. The molecule has 0 aliphatic rings. The molecule has 0 radical (unpaired) electrons. The Balaban J connectivity index is 1.71. The summed E-state index contributed by atoms with van der Waals surface area (Å²) in [4.78, 5) is 35.9. The lowest BCUT2D eigenvalue weighted by molar-refractivity contribution is -0.146. The molecule has 0 spiro atoms. The molecule has 2 aromatic rings. The van der Waals surface area contributed by atoms with Crippen molar-refractivity contribution in [2.45, 2.75) is 19.1 Å². The summed E-state index contributed by atoms with van der Waals surface area (Å²) in [6, 6.07) is 10.8. The van der Waals surface area contributed by atoms with Gasteiger partial charge < -0.3 is 15.4 Å². The van der Waals surface area contributed by atoms with Gasteiger partial charge in [0.25, 0.3) is 5.91 Å². The second-order valence-corrected chi connectivity index (χ2v) is 8.37. The highest BCUT2D eigenvalue weighted by molar-refractivity contribution is 9.10. The number of carbonyl (C=O) groups is 3. The van der Waals surface area contributed by atoms with Crippen molar-refractivity contribution in [3.63, 3.8) is 0 Å². The van der Waals surface area contributed by atoms with Crippen molar-refractivity contribution in [2.24, 2.45) is 0 Å². The van der Waals surface area contributed by atoms with Crippen molar-refractivity contribution in [3.05, 3.63) is 58.3 Å². The summed E-state index contributed by atoms with van der Waals surface area (Å²) in [5, 5.41) is 4.65. The largest absolute Gasteiger partial charge is 0.455 e. The lowest BCUT2D eigenvalue weighted by atomic mass is 10.2. The Labute approximate surface area is 180 Å². The summed E-state index contributed by atoms with van der Waals surface area (Å²) in [5.74, 6) is -1.75. The average molecular weight is 483 g/mol. The Hall–Kier alpha value is -2.39. The molecule has 0 aliphatic carbocycles. The average Bonchev–Trinajstić information content (AvgIpc) is 2.68. The van der Waals surface area contributed by atoms with E-state index in [2.05, 4.69) is 26.6 Å². The van der Waals surface area contributed by atoms with Crippen LogP contribution in [-0.2, 0) is 19.1 Å². The zero-order valence-electron chi connectivity index (χ0n) is 15.8. The van der Waals surface area contributed by atoms with Crippen LogP contribution in [-0.4, -0.2) is 35.4 Å². The number of anilines is 2. The van der Waals surface area contributed by atoms with Crippen LogP contribution in [0.15, 0.2) is 46.9 Å². The van der Waals surface area contributed by atoms with Crippen molar-refractivity contribution in [1.29, 1.82) is 0 Å². The SMILES string of the molecule is Cc1cc(Br)ccc1NC(=O)COC(=O)C(C)SCC(=O)Nc1ccc(F)cc1. The number of amides is 2. The van der Waals surface area contributed by atoms with Crippen LogP contribution in [0.25, 0.3) is 0 Å². The molecule has 9 heteroatoms. The Morgan fingerprint density at radius 1 is 1.10 bits per heavy atom. The molecule has 0 aliphatic heterocycles. The van der Waals surface area contributed by atoms with Crippen molar-refractivity contribution >= 4 is 56.9 Å². The van der Waals surface area contributed by atoms with Gasteiger partial charge in [-0.05, 0) is 61.9 Å². The molecule has 0 saturated carbocycles. The highest BCUT2D eigenvalue weighted by Gasteiger charge is 2.18. The monoisotopic (exact) mass is 482 g/mol. The van der Waals surface area contributed by atoms with Crippen LogP contribution in [0.4, 0.5) is 15.8 Å². The van der Waals surface area contributed by atoms with E-state index < -0.39 is 29.6 Å². The number of esters is 1. The Kier molecular flexibility index (Phi) is 8.66. The van der Waals surface area contributed by atoms with Crippen LogP contribution >= 0.6 is 27.7 Å². The van der Waals surface area contributed by atoms with E-state index in [0.29, 0.717) is 11.4 Å². The minimum atomic E-state index is -0.629. The third kappa shape index (κ3) is 7.86. The van der Waals surface area contributed by atoms with Gasteiger partial charge in [-0.15, -0.1) is 11.8 Å². The van der Waals surface area contributed by atoms with Crippen LogP contribution in [0.5, 0.6) is 0 Å². The van der Waals surface area contributed by atoms with Crippen LogP contribution in [0.1, 0.15) is 12.5 Å². The van der Waals surface area contributed by atoms with Crippen LogP contribution in [0.2, 0.25) is 0 Å². The van der Waals surface area contributed by atoms with Crippen LogP contribution in [0.3, 0.4) is 0 Å². The lowest BCUT2D eigenvalue weighted by Crippen LogP contribution is -2.26. The maximum absolute atomic E-state index is 12.9. The van der Waals surface area contributed by atoms with E-state index in [9.17, 15) is 18.8 Å². The van der Waals surface area contributed by atoms with Gasteiger partial charge in [0.2, 0.25) is 5.91 Å². The number of ether oxygens (including phenoxy) is 1. The fourth-order valence-electron chi connectivity index (χ4n) is 2.21. The first-order valence-electron chi connectivity index (χ1n) is 8.64. The second-order valence-electron chi connectivity index (χ2n) is 6.12. The van der Waals surface area contributed by atoms with Crippen molar-refractivity contribution < 1.29 is 23.5 Å². The molecule has 1 atom stereocenters. The Morgan fingerprint density at radius 3 is 2.45 bits per heavy atom. The fourth-order valence-corrected chi connectivity index (χ4v) is 3.36. The van der Waals surface area contributed by atoms with Gasteiger partial charge in [-0.2, -0.15) is 0 Å². The molecule has 29 heavy (non-hydrogen) atoms. The molecule has 0 saturated heterocycles. The summed E-state index contributed by atoms with van der Waals surface area (Å²) in [6.07, 6.45) is 0. The van der Waals surface area contributed by atoms with Gasteiger partial charge in [0.05, 0.1) is 5.75 Å². The summed E-state index contributed by atoms with van der Waals surface area (Å²) >= 11 is 4.42. The van der Waals surface area contributed by atoms with Crippen molar-refractivity contribution in [1.82, 2.24) is 0 Å². The molecule has 2 aromatic carbocycles. The third-order valence-electron chi connectivity index (χ3n) is 3.73. The molecule has 2 rings (SSSR count). The van der Waals surface area contributed by atoms with E-state index in [1.54, 1.807) is 19.1 Å². The number of thioether (sulfide) groups is 1. The molecular formula is C20H20BrFN2O4S. The lowest BCUT2D eigenvalue weighted by Gasteiger charge is -2.12. The molecule has 0 heterocycles. The van der Waals surface area contributed by atoms with Gasteiger partial charge in [0.15, 0.2) is 6.61 Å². The number of benzene rings is 2. The fraction of sp³-hybridized carbons (Fsp3) is 0.250. The normalized spacial score (nSPS) is 11.4. The molecule has 2 N–H and O–H groups in total. The zero-order chi connectivity index (χ0) is 21.4. The van der Waals surface area contributed by atoms with E-state index in [4.69, 9.17) is 4.74 Å². The van der Waals surface area contributed by atoms with Gasteiger partial charge >= 0.3 is 5.97 Å². The minimum Gasteiger partial charge on any atom is -0.455 e. The van der Waals surface area contributed by atoms with Crippen LogP contribution in [0, 0.1) is 12.7 Å². The van der Waals surface area contributed by atoms with E-state index in [0.717, 1.165) is 21.8 Å². The molecule has 0 fully saturated rings. The smallest absolute Gasteiger partial charge is 0.319 e. The van der Waals surface area contributed by atoms with Crippen LogP contribution < -0.4 is 10.6 Å². The topological polar surface area (TPSA) is 84.5 Å². The number of hydrogen-bond acceptors (Lipinski definition) is 5. The van der Waals surface area contributed by atoms with E-state index in [-0.39, 0.29) is 11.7 Å². The summed E-state index contributed by atoms with van der Waals surface area (Å²) in [7, 11) is 0. The van der Waals surface area contributed by atoms with E-state index in [1.807, 2.05) is 13.0 Å². The summed E-state index contributed by atoms with van der Waals surface area (Å²) < 4.78 is 18.8. The van der Waals surface area contributed by atoms with Gasteiger partial charge in [-0.1, -0.05) is 15.9 Å². The maximum atomic E-state index is 12.9. The Morgan fingerprint density at radius 2 is 1.79 bits per heavy atom. The first kappa shape index (κ1) is 22.9. The molecule has 0 aromatic heterocycles. The number of rotatable bonds is 8. The van der Waals surface area contributed by atoms with Crippen molar-refractivity contribution in [2.75, 3.05) is 23.0 Å². The summed E-state index contributed by atoms with van der Waals surface area (Å²) in [6.45, 7) is 3.03. The highest BCUT2D eigenvalue weighted by Crippen LogP contribution is 2.20. The van der Waals surface area contributed by atoms with E-state index >= 15 is 0 Å². The van der Waals surface area contributed by atoms with Gasteiger partial charge in [-0.25, -0.2) is 4.39 Å². The minimum absolute atomic E-state index is 0.0118. The first-order chi connectivity index (χ1) is 13.7. The second kappa shape index (κ2) is 11.0. The quantitative estimate of drug-likeness (QED) is 0.552. The van der Waals surface area contributed by atoms with Crippen molar-refractivity contribution in [3.8, 4) is 0 Å². The molecular weight excluding hydrogens is 463 g/mol. The molecule has 1 unspecified atom stereocenters.